The Hall–Kier alpha value is -0.340. The number of hydrogen-bond donors (Lipinski definition) is 1. The standard InChI is InChI=1S/C3H6F3NO3S/c1-2(7)10-11(8,9)3(4,5)6/h2H,7H2,1H3. The van der Waals surface area contributed by atoms with Crippen molar-refractivity contribution in [3.8, 4) is 0 Å². The van der Waals surface area contributed by atoms with Crippen LogP contribution in [0.1, 0.15) is 6.92 Å². The summed E-state index contributed by atoms with van der Waals surface area (Å²) in [5.41, 5.74) is -0.728. The molecular formula is C3H6F3NO3S. The van der Waals surface area contributed by atoms with Gasteiger partial charge in [-0.2, -0.15) is 21.6 Å². The Morgan fingerprint density at radius 3 is 1.91 bits per heavy atom. The van der Waals surface area contributed by atoms with E-state index >= 15 is 0 Å². The van der Waals surface area contributed by atoms with E-state index in [1.165, 1.54) is 0 Å². The zero-order valence-corrected chi connectivity index (χ0v) is 6.24. The highest BCUT2D eigenvalue weighted by molar-refractivity contribution is 7.87. The third-order valence-electron chi connectivity index (χ3n) is 0.562. The van der Waals surface area contributed by atoms with Crippen LogP contribution in [0.3, 0.4) is 0 Å². The van der Waals surface area contributed by atoms with Crippen molar-refractivity contribution in [1.82, 2.24) is 0 Å². The molecule has 68 valence electrons. The summed E-state index contributed by atoms with van der Waals surface area (Å²) in [6.07, 6.45) is -1.50. The predicted octanol–water partition coefficient (Wildman–Crippen LogP) is 0.157. The van der Waals surface area contributed by atoms with Crippen molar-refractivity contribution in [2.24, 2.45) is 5.73 Å². The van der Waals surface area contributed by atoms with Gasteiger partial charge in [0.2, 0.25) is 0 Å². The zero-order valence-electron chi connectivity index (χ0n) is 5.42. The molecule has 0 heterocycles. The highest BCUT2D eigenvalue weighted by Gasteiger charge is 2.47. The first kappa shape index (κ1) is 10.7. The fourth-order valence-electron chi connectivity index (χ4n) is 0.254. The molecule has 0 spiro atoms. The molecule has 1 unspecified atom stereocenters. The monoisotopic (exact) mass is 193 g/mol. The van der Waals surface area contributed by atoms with Crippen LogP contribution in [0.5, 0.6) is 0 Å². The lowest BCUT2D eigenvalue weighted by molar-refractivity contribution is -0.0566. The molecule has 0 saturated heterocycles. The smallest absolute Gasteiger partial charge is 0.305 e. The van der Waals surface area contributed by atoms with Gasteiger partial charge >= 0.3 is 15.6 Å². The van der Waals surface area contributed by atoms with Gasteiger partial charge in [-0.3, -0.25) is 0 Å². The van der Waals surface area contributed by atoms with Crippen molar-refractivity contribution in [3.05, 3.63) is 0 Å². The molecule has 0 amide bonds. The van der Waals surface area contributed by atoms with Crippen LogP contribution >= 0.6 is 0 Å². The first-order valence-electron chi connectivity index (χ1n) is 2.42. The highest BCUT2D eigenvalue weighted by Crippen LogP contribution is 2.24. The number of alkyl halides is 3. The molecule has 0 aliphatic heterocycles. The molecule has 1 atom stereocenters. The Labute approximate surface area is 61.3 Å². The van der Waals surface area contributed by atoms with Crippen molar-refractivity contribution in [2.45, 2.75) is 18.7 Å². The fraction of sp³-hybridized carbons (Fsp3) is 1.00. The molecule has 0 radical (unpaired) electrons. The van der Waals surface area contributed by atoms with Crippen LogP contribution in [-0.4, -0.2) is 20.2 Å². The largest absolute Gasteiger partial charge is 0.523 e. The predicted molar refractivity (Wildman–Crippen MR) is 29.7 cm³/mol. The second-order valence-electron chi connectivity index (χ2n) is 1.70. The average molecular weight is 193 g/mol. The first-order chi connectivity index (χ1) is 4.67. The van der Waals surface area contributed by atoms with E-state index in [-0.39, 0.29) is 0 Å². The molecule has 0 fully saturated rings. The minimum atomic E-state index is -5.52. The van der Waals surface area contributed by atoms with Gasteiger partial charge in [0.1, 0.15) is 6.23 Å². The van der Waals surface area contributed by atoms with Gasteiger partial charge in [0.15, 0.2) is 0 Å². The van der Waals surface area contributed by atoms with Crippen molar-refractivity contribution in [2.75, 3.05) is 0 Å². The maximum atomic E-state index is 11.4. The van der Waals surface area contributed by atoms with Crippen LogP contribution in [0.2, 0.25) is 0 Å². The molecular weight excluding hydrogens is 187 g/mol. The molecule has 0 bridgehead atoms. The lowest BCUT2D eigenvalue weighted by atomic mass is 10.7. The second kappa shape index (κ2) is 2.95. The molecule has 0 aliphatic carbocycles. The summed E-state index contributed by atoms with van der Waals surface area (Å²) in [6.45, 7) is 0.975. The molecule has 4 nitrogen and oxygen atoms in total. The Bertz CT molecular complexity index is 218. The average Bonchev–Trinajstić information content (AvgIpc) is 1.56. The van der Waals surface area contributed by atoms with Gasteiger partial charge in [-0.15, -0.1) is 0 Å². The van der Waals surface area contributed by atoms with E-state index in [1.807, 2.05) is 0 Å². The maximum Gasteiger partial charge on any atom is 0.523 e. The van der Waals surface area contributed by atoms with Crippen LogP contribution in [0.4, 0.5) is 13.2 Å². The number of halogens is 3. The number of hydrogen-bond acceptors (Lipinski definition) is 4. The lowest BCUT2D eigenvalue weighted by Gasteiger charge is -2.09. The quantitative estimate of drug-likeness (QED) is 0.385. The van der Waals surface area contributed by atoms with Gasteiger partial charge in [0.25, 0.3) is 0 Å². The number of rotatable bonds is 2. The van der Waals surface area contributed by atoms with Gasteiger partial charge in [-0.05, 0) is 6.92 Å². The third kappa shape index (κ3) is 3.04. The summed E-state index contributed by atoms with van der Waals surface area (Å²) in [6, 6.07) is 0. The topological polar surface area (TPSA) is 69.4 Å². The van der Waals surface area contributed by atoms with Gasteiger partial charge in [0.05, 0.1) is 0 Å². The van der Waals surface area contributed by atoms with E-state index in [2.05, 4.69) is 9.92 Å². The number of nitrogens with two attached hydrogens (primary N) is 1. The molecule has 11 heavy (non-hydrogen) atoms. The minimum absolute atomic E-state index is 0.975. The Morgan fingerprint density at radius 1 is 1.45 bits per heavy atom. The van der Waals surface area contributed by atoms with E-state index in [1.54, 1.807) is 0 Å². The summed E-state index contributed by atoms with van der Waals surface area (Å²) in [5, 5.41) is 0. The van der Waals surface area contributed by atoms with Gasteiger partial charge in [-0.25, -0.2) is 4.18 Å². The Morgan fingerprint density at radius 2 is 1.82 bits per heavy atom. The normalized spacial score (nSPS) is 16.5. The van der Waals surface area contributed by atoms with Gasteiger partial charge in [-0.1, -0.05) is 0 Å². The summed E-state index contributed by atoms with van der Waals surface area (Å²) < 4.78 is 57.8. The minimum Gasteiger partial charge on any atom is -0.305 e. The van der Waals surface area contributed by atoms with E-state index < -0.39 is 21.9 Å². The van der Waals surface area contributed by atoms with Crippen molar-refractivity contribution in [1.29, 1.82) is 0 Å². The molecule has 2 N–H and O–H groups in total. The molecule has 0 saturated carbocycles. The molecule has 0 aromatic carbocycles. The Balaban J connectivity index is 4.51. The molecule has 0 rings (SSSR count). The summed E-state index contributed by atoms with van der Waals surface area (Å²) >= 11 is 0. The molecule has 8 heteroatoms. The Kier molecular flexibility index (Phi) is 2.86. The van der Waals surface area contributed by atoms with Crippen LogP contribution in [0.15, 0.2) is 0 Å². The van der Waals surface area contributed by atoms with E-state index in [0.717, 1.165) is 6.92 Å². The van der Waals surface area contributed by atoms with Crippen molar-refractivity contribution >= 4 is 10.1 Å². The summed E-state index contributed by atoms with van der Waals surface area (Å²) in [7, 11) is -5.52. The third-order valence-corrected chi connectivity index (χ3v) is 1.69. The van der Waals surface area contributed by atoms with Gasteiger partial charge < -0.3 is 5.73 Å². The van der Waals surface area contributed by atoms with E-state index in [9.17, 15) is 21.6 Å². The zero-order chi connectivity index (χ0) is 9.28. The van der Waals surface area contributed by atoms with Crippen LogP contribution in [0, 0.1) is 0 Å². The van der Waals surface area contributed by atoms with Crippen molar-refractivity contribution in [3.63, 3.8) is 0 Å². The first-order valence-corrected chi connectivity index (χ1v) is 3.83. The molecule has 0 aliphatic rings. The summed E-state index contributed by atoms with van der Waals surface area (Å²) in [4.78, 5) is 0. The van der Waals surface area contributed by atoms with Crippen molar-refractivity contribution < 1.29 is 25.8 Å². The van der Waals surface area contributed by atoms with Gasteiger partial charge in [0, 0.05) is 0 Å². The summed E-state index contributed by atoms with van der Waals surface area (Å²) in [5.74, 6) is 0. The maximum absolute atomic E-state index is 11.4. The van der Waals surface area contributed by atoms with Crippen LogP contribution < -0.4 is 5.73 Å². The van der Waals surface area contributed by atoms with E-state index in [4.69, 9.17) is 0 Å². The van der Waals surface area contributed by atoms with Crippen LogP contribution in [0.25, 0.3) is 0 Å². The SMILES string of the molecule is CC(N)OS(=O)(=O)C(F)(F)F. The molecule has 0 aromatic rings. The second-order valence-corrected chi connectivity index (χ2v) is 3.26. The van der Waals surface area contributed by atoms with E-state index in [0.29, 0.717) is 0 Å². The highest BCUT2D eigenvalue weighted by atomic mass is 32.2. The van der Waals surface area contributed by atoms with Crippen LogP contribution in [-0.2, 0) is 14.3 Å². The fourth-order valence-corrected chi connectivity index (χ4v) is 0.763. The molecule has 0 aromatic heterocycles. The lowest BCUT2D eigenvalue weighted by Crippen LogP contribution is -2.32.